The van der Waals surface area contributed by atoms with Gasteiger partial charge in [0.15, 0.2) is 0 Å². The van der Waals surface area contributed by atoms with Crippen LogP contribution in [0.5, 0.6) is 0 Å². The Bertz CT molecular complexity index is 2640. The van der Waals surface area contributed by atoms with Gasteiger partial charge in [0.05, 0.1) is 0 Å². The number of halogens is 1. The Morgan fingerprint density at radius 3 is 1.98 bits per heavy atom. The van der Waals surface area contributed by atoms with Crippen LogP contribution in [0.15, 0.2) is 144 Å². The zero-order chi connectivity index (χ0) is 35.4. The molecular weight excluding hydrogens is 694 g/mol. The van der Waals surface area contributed by atoms with Crippen LogP contribution in [0.3, 0.4) is 0 Å². The van der Waals surface area contributed by atoms with Crippen molar-refractivity contribution in [1.82, 2.24) is 0 Å². The van der Waals surface area contributed by atoms with E-state index < -0.39 is 0 Å². The van der Waals surface area contributed by atoms with Crippen molar-refractivity contribution in [2.24, 2.45) is 0 Å². The van der Waals surface area contributed by atoms with E-state index in [2.05, 4.69) is 194 Å². The van der Waals surface area contributed by atoms with Gasteiger partial charge in [0.2, 0.25) is 0 Å². The molecule has 10 rings (SSSR count). The van der Waals surface area contributed by atoms with Crippen LogP contribution < -0.4 is 4.90 Å². The molecule has 52 heavy (non-hydrogen) atoms. The number of allylic oxidation sites excluding steroid dienone is 1. The molecule has 0 bridgehead atoms. The first-order valence-corrected chi connectivity index (χ1v) is 19.3. The van der Waals surface area contributed by atoms with E-state index in [-0.39, 0.29) is 10.8 Å². The van der Waals surface area contributed by atoms with Crippen molar-refractivity contribution in [3.05, 3.63) is 177 Å². The van der Waals surface area contributed by atoms with E-state index in [4.69, 9.17) is 0 Å². The Balaban J connectivity index is 1.13. The van der Waals surface area contributed by atoms with E-state index >= 15 is 0 Å². The SMILES string of the molecule is CC1(C)c2ccccc2-c2ccc(N(c3ccc(-c4ccc5c(c4)C=CCC5)cc3)c3ccc4c(c3)C(C)(C)c3cc5ccccc5c(Br)c3-4)cc21. The summed E-state index contributed by atoms with van der Waals surface area (Å²) in [5.74, 6) is 0. The van der Waals surface area contributed by atoms with Gasteiger partial charge in [-0.1, -0.05) is 125 Å². The van der Waals surface area contributed by atoms with Crippen LogP contribution in [-0.2, 0) is 17.3 Å². The maximum absolute atomic E-state index is 4.06. The smallest absolute Gasteiger partial charge is 0.0465 e. The third kappa shape index (κ3) is 4.60. The van der Waals surface area contributed by atoms with Crippen LogP contribution in [0.25, 0.3) is 50.2 Å². The summed E-state index contributed by atoms with van der Waals surface area (Å²) >= 11 is 4.06. The van der Waals surface area contributed by atoms with Crippen molar-refractivity contribution in [2.75, 3.05) is 4.90 Å². The fraction of sp³-hybridized carbons (Fsp3) is 0.160. The summed E-state index contributed by atoms with van der Waals surface area (Å²) in [5, 5.41) is 2.53. The number of anilines is 3. The molecule has 0 saturated carbocycles. The minimum Gasteiger partial charge on any atom is -0.310 e. The molecular formula is C50H40BrN. The minimum atomic E-state index is -0.161. The molecule has 0 atom stereocenters. The van der Waals surface area contributed by atoms with Crippen LogP contribution >= 0.6 is 15.9 Å². The van der Waals surface area contributed by atoms with Gasteiger partial charge >= 0.3 is 0 Å². The monoisotopic (exact) mass is 733 g/mol. The average Bonchev–Trinajstić information content (AvgIpc) is 3.54. The normalized spacial score (nSPS) is 15.5. The van der Waals surface area contributed by atoms with Crippen LogP contribution in [0.1, 0.15) is 67.5 Å². The molecule has 0 amide bonds. The number of rotatable bonds is 4. The standard InChI is InChI=1S/C50H40BrN/c1-49(2)43-16-10-9-15-40(43)41-25-23-37(29-44(41)49)52(36-21-19-32(20-22-36)34-18-17-31-11-5-6-12-33(31)27-34)38-24-26-42-45(30-38)50(3,4)46-28-35-13-7-8-14-39(35)48(51)47(42)46/h6-10,12-30H,5,11H2,1-4H3. The molecule has 0 aromatic heterocycles. The highest BCUT2D eigenvalue weighted by molar-refractivity contribution is 9.10. The van der Waals surface area contributed by atoms with Gasteiger partial charge in [0.25, 0.3) is 0 Å². The van der Waals surface area contributed by atoms with E-state index in [1.54, 1.807) is 0 Å². The third-order valence-electron chi connectivity index (χ3n) is 12.2. The molecule has 0 aliphatic heterocycles. The van der Waals surface area contributed by atoms with Gasteiger partial charge in [-0.2, -0.15) is 0 Å². The second-order valence-corrected chi connectivity index (χ2v) is 16.6. The van der Waals surface area contributed by atoms with E-state index in [0.29, 0.717) is 0 Å². The molecule has 0 fully saturated rings. The first-order valence-electron chi connectivity index (χ1n) is 18.5. The molecule has 0 spiro atoms. The molecule has 1 nitrogen and oxygen atoms in total. The maximum atomic E-state index is 4.06. The Morgan fingerprint density at radius 1 is 0.538 bits per heavy atom. The number of hydrogen-bond acceptors (Lipinski definition) is 1. The molecule has 0 N–H and O–H groups in total. The molecule has 7 aromatic rings. The van der Waals surface area contributed by atoms with Crippen LogP contribution in [0.4, 0.5) is 17.1 Å². The topological polar surface area (TPSA) is 3.24 Å². The largest absolute Gasteiger partial charge is 0.310 e. The molecule has 7 aromatic carbocycles. The lowest BCUT2D eigenvalue weighted by molar-refractivity contribution is 0.660. The van der Waals surface area contributed by atoms with Crippen molar-refractivity contribution >= 4 is 49.8 Å². The van der Waals surface area contributed by atoms with Crippen molar-refractivity contribution in [1.29, 1.82) is 0 Å². The fourth-order valence-corrected chi connectivity index (χ4v) is 10.1. The van der Waals surface area contributed by atoms with Crippen molar-refractivity contribution in [3.8, 4) is 33.4 Å². The fourth-order valence-electron chi connectivity index (χ4n) is 9.30. The Hall–Kier alpha value is -5.18. The molecule has 2 heteroatoms. The number of hydrogen-bond donors (Lipinski definition) is 0. The first-order chi connectivity index (χ1) is 25.2. The van der Waals surface area contributed by atoms with E-state index in [9.17, 15) is 0 Å². The third-order valence-corrected chi connectivity index (χ3v) is 13.0. The summed E-state index contributed by atoms with van der Waals surface area (Å²) in [6.45, 7) is 9.49. The average molecular weight is 735 g/mol. The number of benzene rings is 7. The highest BCUT2D eigenvalue weighted by Crippen LogP contribution is 2.55. The lowest BCUT2D eigenvalue weighted by Gasteiger charge is -2.30. The van der Waals surface area contributed by atoms with Gasteiger partial charge in [-0.25, -0.2) is 0 Å². The summed E-state index contributed by atoms with van der Waals surface area (Å²) < 4.78 is 1.19. The first kappa shape index (κ1) is 31.5. The molecule has 3 aliphatic rings. The van der Waals surface area contributed by atoms with Crippen molar-refractivity contribution < 1.29 is 0 Å². The molecule has 252 valence electrons. The predicted octanol–water partition coefficient (Wildman–Crippen LogP) is 14.3. The van der Waals surface area contributed by atoms with Crippen LogP contribution in [0.2, 0.25) is 0 Å². The summed E-state index contributed by atoms with van der Waals surface area (Å²) in [4.78, 5) is 2.46. The summed E-state index contributed by atoms with van der Waals surface area (Å²) in [6, 6.07) is 50.4. The minimum absolute atomic E-state index is 0.0891. The molecule has 0 unspecified atom stereocenters. The maximum Gasteiger partial charge on any atom is 0.0465 e. The van der Waals surface area contributed by atoms with Gasteiger partial charge < -0.3 is 4.90 Å². The van der Waals surface area contributed by atoms with Gasteiger partial charge in [-0.05, 0) is 149 Å². The molecule has 0 heterocycles. The van der Waals surface area contributed by atoms with Gasteiger partial charge in [0, 0.05) is 37.9 Å². The van der Waals surface area contributed by atoms with Crippen LogP contribution in [0, 0.1) is 0 Å². The molecule has 0 radical (unpaired) electrons. The summed E-state index contributed by atoms with van der Waals surface area (Å²) in [7, 11) is 0. The predicted molar refractivity (Wildman–Crippen MR) is 224 cm³/mol. The van der Waals surface area contributed by atoms with E-state index in [1.165, 1.54) is 93.4 Å². The lowest BCUT2D eigenvalue weighted by Crippen LogP contribution is -2.18. The zero-order valence-electron chi connectivity index (χ0n) is 30.1. The number of nitrogens with zero attached hydrogens (tertiary/aromatic N) is 1. The highest BCUT2D eigenvalue weighted by Gasteiger charge is 2.39. The van der Waals surface area contributed by atoms with Gasteiger partial charge in [-0.3, -0.25) is 0 Å². The van der Waals surface area contributed by atoms with Crippen molar-refractivity contribution in [3.63, 3.8) is 0 Å². The Labute approximate surface area is 315 Å². The number of aryl methyl sites for hydroxylation is 1. The zero-order valence-corrected chi connectivity index (χ0v) is 31.7. The Morgan fingerprint density at radius 2 is 1.17 bits per heavy atom. The highest BCUT2D eigenvalue weighted by atomic mass is 79.9. The summed E-state index contributed by atoms with van der Waals surface area (Å²) in [6.07, 6.45) is 6.82. The van der Waals surface area contributed by atoms with Gasteiger partial charge in [-0.15, -0.1) is 0 Å². The Kier molecular flexibility index (Phi) is 6.92. The lowest BCUT2D eigenvalue weighted by atomic mass is 9.81. The number of fused-ring (bicyclic) bond motifs is 8. The van der Waals surface area contributed by atoms with E-state index in [1.807, 2.05) is 0 Å². The summed E-state index contributed by atoms with van der Waals surface area (Å²) in [5.41, 5.74) is 19.3. The van der Waals surface area contributed by atoms with Crippen molar-refractivity contribution in [2.45, 2.75) is 51.4 Å². The molecule has 0 saturated heterocycles. The second-order valence-electron chi connectivity index (χ2n) is 15.8. The molecule has 3 aliphatic carbocycles. The quantitative estimate of drug-likeness (QED) is 0.174. The van der Waals surface area contributed by atoms with E-state index in [0.717, 1.165) is 18.5 Å². The van der Waals surface area contributed by atoms with Crippen LogP contribution in [-0.4, -0.2) is 0 Å². The second kappa shape index (κ2) is 11.4. The van der Waals surface area contributed by atoms with Gasteiger partial charge in [0.1, 0.15) is 0 Å².